The number of carbonyl (C=O) groups excluding carboxylic acids is 1. The fraction of sp³-hybridized carbons (Fsp3) is 0.200. The number of rotatable bonds is 3. The molecule has 0 aliphatic rings. The van der Waals surface area contributed by atoms with E-state index in [0.717, 1.165) is 0 Å². The van der Waals surface area contributed by atoms with E-state index in [0.29, 0.717) is 16.1 Å². The number of amides is 1. The molecule has 0 saturated heterocycles. The van der Waals surface area contributed by atoms with Crippen LogP contribution in [0, 0.1) is 0 Å². The fourth-order valence-electron chi connectivity index (χ4n) is 1.22. The van der Waals surface area contributed by atoms with Crippen molar-refractivity contribution in [2.24, 2.45) is 0 Å². The van der Waals surface area contributed by atoms with E-state index in [1.54, 1.807) is 18.2 Å². The topological polar surface area (TPSA) is 55.1 Å². The molecule has 84 valence electrons. The molecule has 0 fully saturated rings. The smallest absolute Gasteiger partial charge is 0.302 e. The summed E-state index contributed by atoms with van der Waals surface area (Å²) in [7, 11) is 0. The predicted octanol–water partition coefficient (Wildman–Crippen LogP) is 3.05. The molecule has 2 aromatic rings. The number of aromatic nitrogens is 1. The highest BCUT2D eigenvalue weighted by Crippen LogP contribution is 2.22. The fourth-order valence-corrected chi connectivity index (χ4v) is 1.56. The summed E-state index contributed by atoms with van der Waals surface area (Å²) in [5, 5.41) is 3.08. The summed E-state index contributed by atoms with van der Waals surface area (Å²) in [6, 6.07) is 5.21. The first-order valence-corrected chi connectivity index (χ1v) is 5.52. The number of alkyl halides is 1. The maximum absolute atomic E-state index is 11.2. The van der Waals surface area contributed by atoms with E-state index in [1.807, 2.05) is 0 Å². The normalized spacial score (nSPS) is 10.6. The van der Waals surface area contributed by atoms with Gasteiger partial charge in [-0.15, -0.1) is 11.6 Å². The van der Waals surface area contributed by atoms with Gasteiger partial charge in [0.2, 0.25) is 5.91 Å². The maximum atomic E-state index is 11.2. The highest BCUT2D eigenvalue weighted by molar-refractivity contribution is 6.31. The molecule has 0 unspecified atom stereocenters. The molecule has 2 rings (SSSR count). The van der Waals surface area contributed by atoms with E-state index < -0.39 is 0 Å². The summed E-state index contributed by atoms with van der Waals surface area (Å²) in [4.78, 5) is 15.3. The molecule has 0 spiro atoms. The SMILES string of the molecule is O=C(CCCl)Nc1nc2cc(Cl)ccc2o1. The third-order valence-corrected chi connectivity index (χ3v) is 2.34. The molecule has 16 heavy (non-hydrogen) atoms. The van der Waals surface area contributed by atoms with Crippen molar-refractivity contribution >= 4 is 46.2 Å². The standard InChI is InChI=1S/C10H8Cl2N2O2/c11-4-3-9(15)14-10-13-7-5-6(12)1-2-8(7)16-10/h1-2,5H,3-4H2,(H,13,14,15). The lowest BCUT2D eigenvalue weighted by molar-refractivity contribution is -0.115. The molecular formula is C10H8Cl2N2O2. The van der Waals surface area contributed by atoms with Crippen LogP contribution in [0.25, 0.3) is 11.1 Å². The quantitative estimate of drug-likeness (QED) is 0.862. The molecule has 6 heteroatoms. The molecule has 0 radical (unpaired) electrons. The molecule has 0 bridgehead atoms. The Labute approximate surface area is 102 Å². The number of hydrogen-bond acceptors (Lipinski definition) is 3. The van der Waals surface area contributed by atoms with Crippen LogP contribution in [0.15, 0.2) is 22.6 Å². The maximum Gasteiger partial charge on any atom is 0.302 e. The molecule has 0 saturated carbocycles. The van der Waals surface area contributed by atoms with Gasteiger partial charge in [-0.05, 0) is 18.2 Å². The lowest BCUT2D eigenvalue weighted by Gasteiger charge is -1.95. The predicted molar refractivity (Wildman–Crippen MR) is 63.0 cm³/mol. The number of oxazole rings is 1. The molecule has 1 N–H and O–H groups in total. The highest BCUT2D eigenvalue weighted by atomic mass is 35.5. The van der Waals surface area contributed by atoms with Crippen LogP contribution in [0.3, 0.4) is 0 Å². The van der Waals surface area contributed by atoms with Gasteiger partial charge in [0.1, 0.15) is 5.52 Å². The van der Waals surface area contributed by atoms with Crippen molar-refractivity contribution in [2.75, 3.05) is 11.2 Å². The molecule has 0 atom stereocenters. The van der Waals surface area contributed by atoms with E-state index in [-0.39, 0.29) is 24.2 Å². The largest absolute Gasteiger partial charge is 0.423 e. The van der Waals surface area contributed by atoms with Crippen molar-refractivity contribution in [1.82, 2.24) is 4.98 Å². The van der Waals surface area contributed by atoms with E-state index in [4.69, 9.17) is 27.6 Å². The van der Waals surface area contributed by atoms with Crippen LogP contribution in [0.2, 0.25) is 5.02 Å². The molecule has 4 nitrogen and oxygen atoms in total. The van der Waals surface area contributed by atoms with E-state index in [2.05, 4.69) is 10.3 Å². The van der Waals surface area contributed by atoms with Gasteiger partial charge < -0.3 is 4.42 Å². The molecule has 1 aromatic carbocycles. The molecule has 0 aliphatic heterocycles. The Hall–Kier alpha value is -1.26. The number of halogens is 2. The van der Waals surface area contributed by atoms with Gasteiger partial charge in [0, 0.05) is 17.3 Å². The molecule has 1 amide bonds. The highest BCUT2D eigenvalue weighted by Gasteiger charge is 2.08. The van der Waals surface area contributed by atoms with Crippen molar-refractivity contribution < 1.29 is 9.21 Å². The first-order valence-electron chi connectivity index (χ1n) is 4.61. The minimum Gasteiger partial charge on any atom is -0.423 e. The van der Waals surface area contributed by atoms with Crippen LogP contribution in [0.1, 0.15) is 6.42 Å². The number of nitrogens with one attached hydrogen (secondary N) is 1. The average molecular weight is 259 g/mol. The van der Waals surface area contributed by atoms with Gasteiger partial charge in [0.25, 0.3) is 0 Å². The first kappa shape index (κ1) is 11.2. The van der Waals surface area contributed by atoms with E-state index in [1.165, 1.54) is 0 Å². The van der Waals surface area contributed by atoms with Crippen LogP contribution in [-0.2, 0) is 4.79 Å². The van der Waals surface area contributed by atoms with Crippen LogP contribution in [-0.4, -0.2) is 16.8 Å². The van der Waals surface area contributed by atoms with Crippen molar-refractivity contribution in [3.05, 3.63) is 23.2 Å². The third kappa shape index (κ3) is 2.46. The summed E-state index contributed by atoms with van der Waals surface area (Å²) in [6.07, 6.45) is 0.223. The zero-order chi connectivity index (χ0) is 11.5. The van der Waals surface area contributed by atoms with E-state index >= 15 is 0 Å². The number of nitrogens with zero attached hydrogens (tertiary/aromatic N) is 1. The lowest BCUT2D eigenvalue weighted by Crippen LogP contribution is -2.11. The number of fused-ring (bicyclic) bond motifs is 1. The summed E-state index contributed by atoms with van der Waals surface area (Å²) in [6.45, 7) is 0. The Kier molecular flexibility index (Phi) is 3.31. The van der Waals surface area contributed by atoms with Crippen LogP contribution in [0.4, 0.5) is 6.01 Å². The van der Waals surface area contributed by atoms with Crippen LogP contribution < -0.4 is 5.32 Å². The Morgan fingerprint density at radius 1 is 1.50 bits per heavy atom. The van der Waals surface area contributed by atoms with Gasteiger partial charge in [0.05, 0.1) is 0 Å². The summed E-state index contributed by atoms with van der Waals surface area (Å²) in [5.41, 5.74) is 1.18. The molecule has 0 aliphatic carbocycles. The van der Waals surface area contributed by atoms with Gasteiger partial charge in [0.15, 0.2) is 5.58 Å². The van der Waals surface area contributed by atoms with Crippen molar-refractivity contribution in [3.63, 3.8) is 0 Å². The summed E-state index contributed by atoms with van der Waals surface area (Å²) >= 11 is 11.2. The van der Waals surface area contributed by atoms with E-state index in [9.17, 15) is 4.79 Å². The Morgan fingerprint density at radius 2 is 2.31 bits per heavy atom. The zero-order valence-corrected chi connectivity index (χ0v) is 9.68. The Balaban J connectivity index is 2.23. The van der Waals surface area contributed by atoms with Crippen LogP contribution in [0.5, 0.6) is 0 Å². The number of benzene rings is 1. The average Bonchev–Trinajstić information content (AvgIpc) is 2.59. The molecule has 1 heterocycles. The zero-order valence-electron chi connectivity index (χ0n) is 8.17. The third-order valence-electron chi connectivity index (χ3n) is 1.92. The van der Waals surface area contributed by atoms with Gasteiger partial charge in [-0.3, -0.25) is 10.1 Å². The first-order chi connectivity index (χ1) is 7.69. The number of anilines is 1. The van der Waals surface area contributed by atoms with Crippen molar-refractivity contribution in [1.29, 1.82) is 0 Å². The van der Waals surface area contributed by atoms with Gasteiger partial charge in [-0.25, -0.2) is 0 Å². The lowest BCUT2D eigenvalue weighted by atomic mass is 10.3. The Bertz CT molecular complexity index is 525. The minimum absolute atomic E-state index is 0.160. The van der Waals surface area contributed by atoms with Gasteiger partial charge in [-0.1, -0.05) is 11.6 Å². The second-order valence-corrected chi connectivity index (χ2v) is 3.93. The second-order valence-electron chi connectivity index (χ2n) is 3.12. The Morgan fingerprint density at radius 3 is 3.06 bits per heavy atom. The molecule has 1 aromatic heterocycles. The number of hydrogen-bond donors (Lipinski definition) is 1. The summed E-state index contributed by atoms with van der Waals surface area (Å²) < 4.78 is 5.30. The molecular weight excluding hydrogens is 251 g/mol. The monoisotopic (exact) mass is 258 g/mol. The van der Waals surface area contributed by atoms with Crippen molar-refractivity contribution in [3.8, 4) is 0 Å². The summed E-state index contributed by atoms with van der Waals surface area (Å²) in [5.74, 6) is 0.0328. The van der Waals surface area contributed by atoms with Gasteiger partial charge in [-0.2, -0.15) is 4.98 Å². The van der Waals surface area contributed by atoms with Gasteiger partial charge >= 0.3 is 6.01 Å². The van der Waals surface area contributed by atoms with Crippen molar-refractivity contribution in [2.45, 2.75) is 6.42 Å². The second kappa shape index (κ2) is 4.72. The number of carbonyl (C=O) groups is 1. The van der Waals surface area contributed by atoms with Crippen LogP contribution >= 0.6 is 23.2 Å². The minimum atomic E-state index is -0.229.